The van der Waals surface area contributed by atoms with E-state index >= 15 is 0 Å². The van der Waals surface area contributed by atoms with Gasteiger partial charge >= 0.3 is 5.97 Å². The average Bonchev–Trinajstić information content (AvgIpc) is 2.70. The lowest BCUT2D eigenvalue weighted by molar-refractivity contribution is -0.157. The molecule has 1 N–H and O–H groups in total. The Labute approximate surface area is 111 Å². The van der Waals surface area contributed by atoms with Gasteiger partial charge < -0.3 is 10.1 Å². The lowest BCUT2D eigenvalue weighted by Gasteiger charge is -2.26. The predicted molar refractivity (Wildman–Crippen MR) is 73.6 cm³/mol. The van der Waals surface area contributed by atoms with Gasteiger partial charge in [-0.1, -0.05) is 6.92 Å². The highest BCUT2D eigenvalue weighted by atomic mass is 16.6. The molecule has 1 aliphatic heterocycles. The van der Waals surface area contributed by atoms with Gasteiger partial charge in [0.25, 0.3) is 0 Å². The molecule has 0 aromatic heterocycles. The number of carbonyl (C=O) groups excluding carboxylic acids is 1. The summed E-state index contributed by atoms with van der Waals surface area (Å²) < 4.78 is 5.35. The van der Waals surface area contributed by atoms with Crippen molar-refractivity contribution in [2.75, 3.05) is 19.6 Å². The van der Waals surface area contributed by atoms with E-state index < -0.39 is 5.60 Å². The summed E-state index contributed by atoms with van der Waals surface area (Å²) in [7, 11) is 0. The maximum atomic E-state index is 11.8. The predicted octanol–water partition coefficient (Wildman–Crippen LogP) is 1.79. The number of esters is 1. The maximum Gasteiger partial charge on any atom is 0.323 e. The average molecular weight is 256 g/mol. The third-order valence-corrected chi connectivity index (χ3v) is 3.33. The van der Waals surface area contributed by atoms with Crippen LogP contribution >= 0.6 is 0 Å². The smallest absolute Gasteiger partial charge is 0.323 e. The third-order valence-electron chi connectivity index (χ3n) is 3.33. The molecule has 1 aliphatic rings. The minimum atomic E-state index is -0.407. The number of hydrogen-bond acceptors (Lipinski definition) is 4. The molecule has 4 heteroatoms. The van der Waals surface area contributed by atoms with Gasteiger partial charge in [0.05, 0.1) is 0 Å². The van der Waals surface area contributed by atoms with Crippen LogP contribution in [0.2, 0.25) is 0 Å². The Morgan fingerprint density at radius 2 is 2.17 bits per heavy atom. The van der Waals surface area contributed by atoms with Crippen LogP contribution in [0.25, 0.3) is 0 Å². The van der Waals surface area contributed by atoms with Crippen molar-refractivity contribution < 1.29 is 9.53 Å². The zero-order valence-corrected chi connectivity index (χ0v) is 12.5. The van der Waals surface area contributed by atoms with Crippen molar-refractivity contribution >= 4 is 5.97 Å². The SMILES string of the molecule is CCN1CCCC1CNC(C)C(=O)OC(C)(C)C. The summed E-state index contributed by atoms with van der Waals surface area (Å²) in [4.78, 5) is 14.3. The van der Waals surface area contributed by atoms with Gasteiger partial charge in [-0.2, -0.15) is 0 Å². The van der Waals surface area contributed by atoms with Crippen LogP contribution in [0.4, 0.5) is 0 Å². The molecule has 106 valence electrons. The quantitative estimate of drug-likeness (QED) is 0.762. The number of rotatable bonds is 5. The second-order valence-electron chi connectivity index (χ2n) is 6.09. The van der Waals surface area contributed by atoms with E-state index in [1.54, 1.807) is 0 Å². The molecule has 2 unspecified atom stereocenters. The number of likely N-dealkylation sites (tertiary alicyclic amines) is 1. The Bertz CT molecular complexity index is 273. The first-order valence-corrected chi connectivity index (χ1v) is 7.03. The van der Waals surface area contributed by atoms with E-state index in [9.17, 15) is 4.79 Å². The van der Waals surface area contributed by atoms with Gasteiger partial charge in [-0.05, 0) is 53.6 Å². The first-order valence-electron chi connectivity index (χ1n) is 7.03. The molecule has 0 aromatic carbocycles. The van der Waals surface area contributed by atoms with Gasteiger partial charge in [-0.3, -0.25) is 9.69 Å². The summed E-state index contributed by atoms with van der Waals surface area (Å²) >= 11 is 0. The van der Waals surface area contributed by atoms with Crippen molar-refractivity contribution in [1.29, 1.82) is 0 Å². The summed E-state index contributed by atoms with van der Waals surface area (Å²) in [6, 6.07) is 0.336. The highest BCUT2D eigenvalue weighted by Gasteiger charge is 2.25. The van der Waals surface area contributed by atoms with Crippen molar-refractivity contribution in [2.45, 2.75) is 65.1 Å². The van der Waals surface area contributed by atoms with Crippen molar-refractivity contribution in [3.63, 3.8) is 0 Å². The van der Waals surface area contributed by atoms with Gasteiger partial charge in [0.1, 0.15) is 11.6 Å². The Morgan fingerprint density at radius 1 is 1.50 bits per heavy atom. The van der Waals surface area contributed by atoms with E-state index in [-0.39, 0.29) is 12.0 Å². The van der Waals surface area contributed by atoms with Crippen LogP contribution in [0.15, 0.2) is 0 Å². The van der Waals surface area contributed by atoms with E-state index in [1.807, 2.05) is 27.7 Å². The number of nitrogens with one attached hydrogen (secondary N) is 1. The van der Waals surface area contributed by atoms with Gasteiger partial charge in [-0.25, -0.2) is 0 Å². The summed E-state index contributed by atoms with van der Waals surface area (Å²) in [5, 5.41) is 3.30. The highest BCUT2D eigenvalue weighted by Crippen LogP contribution is 2.16. The topological polar surface area (TPSA) is 41.6 Å². The zero-order chi connectivity index (χ0) is 13.8. The van der Waals surface area contributed by atoms with E-state index in [1.165, 1.54) is 19.4 Å². The van der Waals surface area contributed by atoms with Crippen molar-refractivity contribution in [1.82, 2.24) is 10.2 Å². The summed E-state index contributed by atoms with van der Waals surface area (Å²) in [6.45, 7) is 12.9. The van der Waals surface area contributed by atoms with Crippen LogP contribution in [-0.2, 0) is 9.53 Å². The molecule has 0 spiro atoms. The number of hydrogen-bond donors (Lipinski definition) is 1. The first-order chi connectivity index (χ1) is 8.33. The van der Waals surface area contributed by atoms with Crippen LogP contribution in [0.5, 0.6) is 0 Å². The Hall–Kier alpha value is -0.610. The van der Waals surface area contributed by atoms with Crippen LogP contribution < -0.4 is 5.32 Å². The van der Waals surface area contributed by atoms with Crippen molar-refractivity contribution in [2.24, 2.45) is 0 Å². The fourth-order valence-electron chi connectivity index (χ4n) is 2.33. The molecule has 18 heavy (non-hydrogen) atoms. The standard InChI is InChI=1S/C14H28N2O2/c1-6-16-9-7-8-12(16)10-15-11(2)13(17)18-14(3,4)5/h11-12,15H,6-10H2,1-5H3. The monoisotopic (exact) mass is 256 g/mol. The summed E-state index contributed by atoms with van der Waals surface area (Å²) in [5.74, 6) is -0.163. The van der Waals surface area contributed by atoms with Crippen LogP contribution in [0.1, 0.15) is 47.5 Å². The van der Waals surface area contributed by atoms with Gasteiger partial charge in [0.2, 0.25) is 0 Å². The van der Waals surface area contributed by atoms with E-state index in [0.29, 0.717) is 6.04 Å². The summed E-state index contributed by atoms with van der Waals surface area (Å²) in [5.41, 5.74) is -0.407. The highest BCUT2D eigenvalue weighted by molar-refractivity contribution is 5.75. The molecule has 0 aliphatic carbocycles. The third kappa shape index (κ3) is 4.94. The lowest BCUT2D eigenvalue weighted by atomic mass is 10.2. The Balaban J connectivity index is 2.32. The summed E-state index contributed by atoms with van der Waals surface area (Å²) in [6.07, 6.45) is 2.49. The minimum absolute atomic E-state index is 0.163. The lowest BCUT2D eigenvalue weighted by Crippen LogP contribution is -2.45. The number of nitrogens with zero attached hydrogens (tertiary/aromatic N) is 1. The molecule has 0 aromatic rings. The fraction of sp³-hybridized carbons (Fsp3) is 0.929. The van der Waals surface area contributed by atoms with Gasteiger partial charge in [0.15, 0.2) is 0 Å². The molecule has 0 radical (unpaired) electrons. The van der Waals surface area contributed by atoms with E-state index in [4.69, 9.17) is 4.74 Å². The van der Waals surface area contributed by atoms with Crippen molar-refractivity contribution in [3.05, 3.63) is 0 Å². The largest absolute Gasteiger partial charge is 0.459 e. The second kappa shape index (κ2) is 6.53. The Kier molecular flexibility index (Phi) is 5.60. The molecular weight excluding hydrogens is 228 g/mol. The molecule has 0 saturated carbocycles. The molecule has 1 saturated heterocycles. The van der Waals surface area contributed by atoms with E-state index in [0.717, 1.165) is 13.1 Å². The normalized spacial score (nSPS) is 23.1. The fourth-order valence-corrected chi connectivity index (χ4v) is 2.33. The molecule has 2 atom stereocenters. The first kappa shape index (κ1) is 15.4. The molecule has 1 rings (SSSR count). The van der Waals surface area contributed by atoms with Gasteiger partial charge in [0, 0.05) is 12.6 Å². The molecule has 0 amide bonds. The Morgan fingerprint density at radius 3 is 2.72 bits per heavy atom. The van der Waals surface area contributed by atoms with E-state index in [2.05, 4.69) is 17.1 Å². The number of likely N-dealkylation sites (N-methyl/N-ethyl adjacent to an activating group) is 1. The minimum Gasteiger partial charge on any atom is -0.459 e. The maximum absolute atomic E-state index is 11.8. The molecule has 0 bridgehead atoms. The molecule has 1 heterocycles. The van der Waals surface area contributed by atoms with Crippen LogP contribution in [0.3, 0.4) is 0 Å². The molecule has 1 fully saturated rings. The van der Waals surface area contributed by atoms with Gasteiger partial charge in [-0.15, -0.1) is 0 Å². The second-order valence-corrected chi connectivity index (χ2v) is 6.09. The van der Waals surface area contributed by atoms with Crippen LogP contribution in [-0.4, -0.2) is 48.2 Å². The molecular formula is C14H28N2O2. The van der Waals surface area contributed by atoms with Crippen LogP contribution in [0, 0.1) is 0 Å². The number of ether oxygens (including phenoxy) is 1. The zero-order valence-electron chi connectivity index (χ0n) is 12.5. The number of carbonyl (C=O) groups is 1. The molecule has 4 nitrogen and oxygen atoms in total. The van der Waals surface area contributed by atoms with Crippen molar-refractivity contribution in [3.8, 4) is 0 Å².